The third-order valence-electron chi connectivity index (χ3n) is 3.77. The van der Waals surface area contributed by atoms with Crippen LogP contribution in [0.25, 0.3) is 0 Å². The molecule has 0 spiro atoms. The van der Waals surface area contributed by atoms with Crippen molar-refractivity contribution in [2.24, 2.45) is 5.92 Å². The number of aryl methyl sites for hydroxylation is 1. The number of allylic oxidation sites excluding steroid dienone is 1. The first-order valence-corrected chi connectivity index (χ1v) is 6.39. The van der Waals surface area contributed by atoms with Crippen molar-refractivity contribution < 1.29 is 4.39 Å². The van der Waals surface area contributed by atoms with Crippen molar-refractivity contribution in [3.8, 4) is 0 Å². The normalized spacial score (nSPS) is 11.8. The molecule has 0 aromatic heterocycles. The maximum absolute atomic E-state index is 13.4. The van der Waals surface area contributed by atoms with Crippen LogP contribution in [0.4, 0.5) is 10.1 Å². The van der Waals surface area contributed by atoms with Gasteiger partial charge in [-0.3, -0.25) is 0 Å². The molecule has 0 atom stereocenters. The summed E-state index contributed by atoms with van der Waals surface area (Å²) in [6.45, 7) is 16.6. The summed E-state index contributed by atoms with van der Waals surface area (Å²) in [5.74, 6) is 0.294. The smallest absolute Gasteiger partial charge is 0.126 e. The summed E-state index contributed by atoms with van der Waals surface area (Å²) in [4.78, 5) is 2.18. The summed E-state index contributed by atoms with van der Waals surface area (Å²) in [5, 5.41) is 0. The molecular formula is C16H24FN. The van der Waals surface area contributed by atoms with Gasteiger partial charge in [-0.25, -0.2) is 4.39 Å². The van der Waals surface area contributed by atoms with E-state index in [-0.39, 0.29) is 11.4 Å². The van der Waals surface area contributed by atoms with Gasteiger partial charge in [0.05, 0.1) is 0 Å². The highest BCUT2D eigenvalue weighted by Crippen LogP contribution is 2.33. The number of benzene rings is 1. The third-order valence-corrected chi connectivity index (χ3v) is 3.77. The van der Waals surface area contributed by atoms with Crippen LogP contribution >= 0.6 is 0 Å². The van der Waals surface area contributed by atoms with Crippen molar-refractivity contribution in [3.63, 3.8) is 0 Å². The van der Waals surface area contributed by atoms with Crippen LogP contribution in [0, 0.1) is 18.7 Å². The molecule has 1 rings (SSSR count). The van der Waals surface area contributed by atoms with Crippen molar-refractivity contribution in [2.45, 2.75) is 47.1 Å². The van der Waals surface area contributed by atoms with Gasteiger partial charge in [0.2, 0.25) is 0 Å². The Hall–Kier alpha value is -1.31. The van der Waals surface area contributed by atoms with Gasteiger partial charge in [0.25, 0.3) is 0 Å². The van der Waals surface area contributed by atoms with Gasteiger partial charge in [-0.1, -0.05) is 20.4 Å². The zero-order chi connectivity index (χ0) is 14.1. The highest BCUT2D eigenvalue weighted by molar-refractivity contribution is 5.55. The monoisotopic (exact) mass is 249 g/mol. The summed E-state index contributed by atoms with van der Waals surface area (Å²) in [6.07, 6.45) is 0. The van der Waals surface area contributed by atoms with Crippen LogP contribution < -0.4 is 4.90 Å². The Morgan fingerprint density at radius 3 is 2.28 bits per heavy atom. The minimum absolute atomic E-state index is 0.0594. The van der Waals surface area contributed by atoms with E-state index in [4.69, 9.17) is 0 Å². The number of nitrogens with zero attached hydrogens (tertiary/aromatic N) is 1. The van der Waals surface area contributed by atoms with E-state index in [2.05, 4.69) is 39.2 Å². The first kappa shape index (κ1) is 14.7. The molecule has 2 heteroatoms. The van der Waals surface area contributed by atoms with Crippen molar-refractivity contribution in [1.82, 2.24) is 0 Å². The number of rotatable bonds is 4. The Kier molecular flexibility index (Phi) is 4.20. The summed E-state index contributed by atoms with van der Waals surface area (Å²) in [7, 11) is 0. The lowest BCUT2D eigenvalue weighted by Crippen LogP contribution is -2.46. The van der Waals surface area contributed by atoms with Crippen molar-refractivity contribution in [2.75, 3.05) is 4.90 Å². The molecular weight excluding hydrogens is 225 g/mol. The molecule has 1 nitrogen and oxygen atoms in total. The van der Waals surface area contributed by atoms with E-state index in [1.807, 2.05) is 19.1 Å². The molecule has 0 amide bonds. The molecule has 0 saturated heterocycles. The van der Waals surface area contributed by atoms with Crippen molar-refractivity contribution >= 4 is 5.69 Å². The second kappa shape index (κ2) is 5.13. The number of halogens is 1. The summed E-state index contributed by atoms with van der Waals surface area (Å²) < 4.78 is 13.4. The molecule has 1 aromatic rings. The summed E-state index contributed by atoms with van der Waals surface area (Å²) in [6, 6.07) is 5.23. The van der Waals surface area contributed by atoms with Gasteiger partial charge < -0.3 is 4.90 Å². The lowest BCUT2D eigenvalue weighted by atomic mass is 9.87. The first-order valence-electron chi connectivity index (χ1n) is 6.39. The maximum atomic E-state index is 13.4. The van der Waals surface area contributed by atoms with Crippen LogP contribution in [-0.2, 0) is 0 Å². The van der Waals surface area contributed by atoms with Crippen LogP contribution in [0.3, 0.4) is 0 Å². The lowest BCUT2D eigenvalue weighted by molar-refractivity contribution is 0.358. The minimum Gasteiger partial charge on any atom is -0.340 e. The van der Waals surface area contributed by atoms with E-state index >= 15 is 0 Å². The Balaban J connectivity index is 3.29. The Morgan fingerprint density at radius 1 is 1.33 bits per heavy atom. The standard InChI is InChI=1S/C16H24FN/c1-11(2)16(6,7)18(12(3)4)14-8-9-15(17)13(5)10-14/h8-11H,3H2,1-2,4-7H3. The molecule has 0 aliphatic rings. The zero-order valence-corrected chi connectivity index (χ0v) is 12.3. The summed E-state index contributed by atoms with van der Waals surface area (Å²) in [5.41, 5.74) is 2.58. The first-order chi connectivity index (χ1) is 8.17. The van der Waals surface area contributed by atoms with Crippen LogP contribution in [0.1, 0.15) is 40.2 Å². The van der Waals surface area contributed by atoms with Crippen LogP contribution in [0.5, 0.6) is 0 Å². The highest BCUT2D eigenvalue weighted by atomic mass is 19.1. The second-order valence-electron chi connectivity index (χ2n) is 5.81. The molecule has 0 saturated carbocycles. The Bertz CT molecular complexity index is 446. The molecule has 0 heterocycles. The number of anilines is 1. The number of hydrogen-bond acceptors (Lipinski definition) is 1. The fourth-order valence-electron chi connectivity index (χ4n) is 2.07. The van der Waals surface area contributed by atoms with E-state index in [1.165, 1.54) is 6.07 Å². The van der Waals surface area contributed by atoms with E-state index in [0.717, 1.165) is 11.4 Å². The van der Waals surface area contributed by atoms with Crippen LogP contribution in [0.15, 0.2) is 30.5 Å². The van der Waals surface area contributed by atoms with E-state index in [0.29, 0.717) is 11.5 Å². The lowest BCUT2D eigenvalue weighted by Gasteiger charge is -2.44. The number of hydrogen-bond donors (Lipinski definition) is 0. The molecule has 0 aliphatic heterocycles. The van der Waals surface area contributed by atoms with Gasteiger partial charge in [0.1, 0.15) is 5.82 Å². The molecule has 0 fully saturated rings. The van der Waals surface area contributed by atoms with Gasteiger partial charge in [-0.2, -0.15) is 0 Å². The van der Waals surface area contributed by atoms with Gasteiger partial charge in [-0.05, 0) is 57.4 Å². The SMILES string of the molecule is C=C(C)N(c1ccc(F)c(C)c1)C(C)(C)C(C)C. The summed E-state index contributed by atoms with van der Waals surface area (Å²) >= 11 is 0. The topological polar surface area (TPSA) is 3.24 Å². The van der Waals surface area contributed by atoms with Crippen molar-refractivity contribution in [1.29, 1.82) is 0 Å². The van der Waals surface area contributed by atoms with Gasteiger partial charge >= 0.3 is 0 Å². The van der Waals surface area contributed by atoms with Crippen LogP contribution in [0.2, 0.25) is 0 Å². The largest absolute Gasteiger partial charge is 0.340 e. The molecule has 0 bridgehead atoms. The maximum Gasteiger partial charge on any atom is 0.126 e. The second-order valence-corrected chi connectivity index (χ2v) is 5.81. The van der Waals surface area contributed by atoms with Gasteiger partial charge in [0.15, 0.2) is 0 Å². The Morgan fingerprint density at radius 2 is 1.89 bits per heavy atom. The average molecular weight is 249 g/mol. The molecule has 0 aliphatic carbocycles. The van der Waals surface area contributed by atoms with E-state index in [1.54, 1.807) is 6.92 Å². The van der Waals surface area contributed by atoms with E-state index < -0.39 is 0 Å². The average Bonchev–Trinajstić information content (AvgIpc) is 2.22. The Labute approximate surface area is 110 Å². The highest BCUT2D eigenvalue weighted by Gasteiger charge is 2.31. The third kappa shape index (κ3) is 2.74. The molecule has 100 valence electrons. The molecule has 1 aromatic carbocycles. The van der Waals surface area contributed by atoms with Gasteiger partial charge in [-0.15, -0.1) is 0 Å². The predicted molar refractivity (Wildman–Crippen MR) is 77.3 cm³/mol. The fraction of sp³-hybridized carbons (Fsp3) is 0.500. The van der Waals surface area contributed by atoms with Gasteiger partial charge in [0, 0.05) is 16.9 Å². The fourth-order valence-corrected chi connectivity index (χ4v) is 2.07. The minimum atomic E-state index is -0.164. The molecule has 18 heavy (non-hydrogen) atoms. The zero-order valence-electron chi connectivity index (χ0n) is 12.3. The molecule has 0 radical (unpaired) electrons. The molecule has 0 N–H and O–H groups in total. The predicted octanol–water partition coefficient (Wildman–Crippen LogP) is 4.91. The van der Waals surface area contributed by atoms with Crippen molar-refractivity contribution in [3.05, 3.63) is 41.9 Å². The van der Waals surface area contributed by atoms with Crippen LogP contribution in [-0.4, -0.2) is 5.54 Å². The quantitative estimate of drug-likeness (QED) is 0.733. The molecule has 0 unspecified atom stereocenters. The van der Waals surface area contributed by atoms with E-state index in [9.17, 15) is 4.39 Å².